The molecule has 0 spiro atoms. The molecule has 0 aliphatic carbocycles. The minimum atomic E-state index is -0.224. The number of benzene rings is 3. The summed E-state index contributed by atoms with van der Waals surface area (Å²) in [4.78, 5) is 14.2. The Kier molecular flexibility index (Phi) is 5.42. The van der Waals surface area contributed by atoms with Crippen molar-refractivity contribution in [1.29, 1.82) is 0 Å². The van der Waals surface area contributed by atoms with E-state index in [0.29, 0.717) is 28.4 Å². The normalized spacial score (nSPS) is 10.9. The van der Waals surface area contributed by atoms with E-state index in [9.17, 15) is 4.79 Å². The molecule has 1 heterocycles. The molecule has 1 amide bonds. The molecule has 0 saturated heterocycles. The number of amides is 1. The summed E-state index contributed by atoms with van der Waals surface area (Å²) in [5.74, 6) is 0.577. The van der Waals surface area contributed by atoms with Gasteiger partial charge in [-0.3, -0.25) is 4.79 Å². The molecule has 0 aliphatic heterocycles. The number of carbonyl (C=O) groups excluding carboxylic acids is 1. The molecule has 3 aromatic carbocycles. The van der Waals surface area contributed by atoms with Crippen LogP contribution in [0.4, 0.5) is 5.69 Å². The number of nitrogens with zero attached hydrogens (tertiary/aromatic N) is 3. The minimum absolute atomic E-state index is 0.224. The zero-order chi connectivity index (χ0) is 21.3. The molecular formula is C23H21ClN4O2. The van der Waals surface area contributed by atoms with Gasteiger partial charge in [0.15, 0.2) is 0 Å². The smallest absolute Gasteiger partial charge is 0.255 e. The molecule has 0 radical (unpaired) electrons. The van der Waals surface area contributed by atoms with Crippen molar-refractivity contribution >= 4 is 34.2 Å². The van der Waals surface area contributed by atoms with Crippen molar-refractivity contribution in [3.63, 3.8) is 0 Å². The number of hydrogen-bond acceptors (Lipinski definition) is 4. The minimum Gasteiger partial charge on any atom is -0.494 e. The third kappa shape index (κ3) is 4.00. The van der Waals surface area contributed by atoms with Crippen LogP contribution in [0.5, 0.6) is 5.75 Å². The van der Waals surface area contributed by atoms with Crippen LogP contribution in [0.1, 0.15) is 28.4 Å². The fourth-order valence-electron chi connectivity index (χ4n) is 3.09. The monoisotopic (exact) mass is 420 g/mol. The van der Waals surface area contributed by atoms with Crippen LogP contribution in [0.3, 0.4) is 0 Å². The third-order valence-electron chi connectivity index (χ3n) is 4.79. The van der Waals surface area contributed by atoms with Crippen LogP contribution in [0.2, 0.25) is 5.02 Å². The summed E-state index contributed by atoms with van der Waals surface area (Å²) < 4.78 is 5.48. The van der Waals surface area contributed by atoms with Gasteiger partial charge in [0.25, 0.3) is 5.91 Å². The lowest BCUT2D eigenvalue weighted by Gasteiger charge is -2.09. The average Bonchev–Trinajstić information content (AvgIpc) is 3.13. The number of hydrogen-bond donors (Lipinski definition) is 1. The van der Waals surface area contributed by atoms with E-state index in [2.05, 4.69) is 15.5 Å². The summed E-state index contributed by atoms with van der Waals surface area (Å²) in [5, 5.41) is 12.6. The summed E-state index contributed by atoms with van der Waals surface area (Å²) in [6, 6.07) is 16.6. The Morgan fingerprint density at radius 1 is 1.00 bits per heavy atom. The van der Waals surface area contributed by atoms with Crippen molar-refractivity contribution in [2.24, 2.45) is 0 Å². The first kappa shape index (κ1) is 19.9. The van der Waals surface area contributed by atoms with E-state index in [4.69, 9.17) is 16.3 Å². The van der Waals surface area contributed by atoms with Crippen LogP contribution in [-0.2, 0) is 0 Å². The number of anilines is 1. The van der Waals surface area contributed by atoms with Gasteiger partial charge in [0.05, 0.1) is 12.3 Å². The molecule has 0 bridgehead atoms. The molecule has 1 aromatic heterocycles. The zero-order valence-electron chi connectivity index (χ0n) is 16.9. The van der Waals surface area contributed by atoms with E-state index in [1.165, 1.54) is 0 Å². The second-order valence-electron chi connectivity index (χ2n) is 6.99. The van der Waals surface area contributed by atoms with Crippen molar-refractivity contribution in [1.82, 2.24) is 15.0 Å². The lowest BCUT2D eigenvalue weighted by atomic mass is 10.1. The van der Waals surface area contributed by atoms with Crippen molar-refractivity contribution in [2.45, 2.75) is 20.8 Å². The van der Waals surface area contributed by atoms with Gasteiger partial charge in [-0.1, -0.05) is 17.7 Å². The van der Waals surface area contributed by atoms with E-state index >= 15 is 0 Å². The predicted octanol–water partition coefficient (Wildman–Crippen LogP) is 5.34. The molecule has 1 N–H and O–H groups in total. The van der Waals surface area contributed by atoms with Crippen LogP contribution in [0, 0.1) is 13.8 Å². The van der Waals surface area contributed by atoms with Gasteiger partial charge in [0.1, 0.15) is 16.8 Å². The van der Waals surface area contributed by atoms with Crippen LogP contribution in [-0.4, -0.2) is 27.5 Å². The lowest BCUT2D eigenvalue weighted by Crippen LogP contribution is -2.12. The number of aryl methyl sites for hydroxylation is 2. The maximum atomic E-state index is 12.7. The predicted molar refractivity (Wildman–Crippen MR) is 119 cm³/mol. The van der Waals surface area contributed by atoms with Gasteiger partial charge in [-0.05, 0) is 80.4 Å². The largest absolute Gasteiger partial charge is 0.494 e. The fraction of sp³-hybridized carbons (Fsp3) is 0.174. The molecule has 0 aliphatic rings. The highest BCUT2D eigenvalue weighted by Crippen LogP contribution is 2.24. The van der Waals surface area contributed by atoms with Gasteiger partial charge in [-0.15, -0.1) is 10.2 Å². The van der Waals surface area contributed by atoms with E-state index in [1.54, 1.807) is 16.9 Å². The number of rotatable bonds is 5. The SMILES string of the molecule is CCOc1ccc(-n2nc3cc(C)c(NC(=O)c4ccc(C)c(Cl)c4)cc3n2)cc1. The molecule has 4 rings (SSSR count). The Morgan fingerprint density at radius 3 is 2.37 bits per heavy atom. The molecule has 4 aromatic rings. The molecule has 0 atom stereocenters. The number of ether oxygens (including phenoxy) is 1. The van der Waals surface area contributed by atoms with E-state index in [0.717, 1.165) is 28.1 Å². The van der Waals surface area contributed by atoms with Crippen LogP contribution in [0.25, 0.3) is 16.7 Å². The summed E-state index contributed by atoms with van der Waals surface area (Å²) >= 11 is 6.15. The maximum absolute atomic E-state index is 12.7. The number of carbonyl (C=O) groups is 1. The summed E-state index contributed by atoms with van der Waals surface area (Å²) in [6.07, 6.45) is 0. The topological polar surface area (TPSA) is 69.0 Å². The number of halogens is 1. The Labute approximate surface area is 179 Å². The second-order valence-corrected chi connectivity index (χ2v) is 7.40. The molecule has 0 unspecified atom stereocenters. The van der Waals surface area contributed by atoms with Gasteiger partial charge >= 0.3 is 0 Å². The van der Waals surface area contributed by atoms with Gasteiger partial charge in [0, 0.05) is 16.3 Å². The summed E-state index contributed by atoms with van der Waals surface area (Å²) in [6.45, 7) is 6.39. The Bertz CT molecular complexity index is 1230. The number of fused-ring (bicyclic) bond motifs is 1. The highest BCUT2D eigenvalue weighted by atomic mass is 35.5. The number of aromatic nitrogens is 3. The summed E-state index contributed by atoms with van der Waals surface area (Å²) in [5.41, 5.74) is 5.27. The van der Waals surface area contributed by atoms with Crippen LogP contribution in [0.15, 0.2) is 54.6 Å². The van der Waals surface area contributed by atoms with E-state index in [1.807, 2.05) is 63.2 Å². The molecule has 0 fully saturated rings. The highest BCUT2D eigenvalue weighted by Gasteiger charge is 2.13. The quantitative estimate of drug-likeness (QED) is 0.473. The third-order valence-corrected chi connectivity index (χ3v) is 5.19. The van der Waals surface area contributed by atoms with E-state index < -0.39 is 0 Å². The second kappa shape index (κ2) is 8.16. The van der Waals surface area contributed by atoms with Crippen molar-refractivity contribution in [2.75, 3.05) is 11.9 Å². The van der Waals surface area contributed by atoms with E-state index in [-0.39, 0.29) is 5.91 Å². The maximum Gasteiger partial charge on any atom is 0.255 e. The first-order valence-electron chi connectivity index (χ1n) is 9.63. The molecule has 0 saturated carbocycles. The van der Waals surface area contributed by atoms with Gasteiger partial charge in [-0.25, -0.2) is 0 Å². The van der Waals surface area contributed by atoms with Gasteiger partial charge in [0.2, 0.25) is 0 Å². The molecule has 6 nitrogen and oxygen atoms in total. The molecule has 7 heteroatoms. The highest BCUT2D eigenvalue weighted by molar-refractivity contribution is 6.31. The van der Waals surface area contributed by atoms with Crippen LogP contribution >= 0.6 is 11.6 Å². The first-order chi connectivity index (χ1) is 14.4. The average molecular weight is 421 g/mol. The first-order valence-corrected chi connectivity index (χ1v) is 10.0. The molecular weight excluding hydrogens is 400 g/mol. The Hall–Kier alpha value is -3.38. The number of nitrogens with one attached hydrogen (secondary N) is 1. The van der Waals surface area contributed by atoms with Crippen molar-refractivity contribution in [3.05, 3.63) is 76.3 Å². The standard InChI is InChI=1S/C23H21ClN4O2/c1-4-30-18-9-7-17(8-10-18)28-26-21-11-15(3)20(13-22(21)27-28)25-23(29)16-6-5-14(2)19(24)12-16/h5-13H,4H2,1-3H3,(H,25,29). The Balaban J connectivity index is 1.61. The summed E-state index contributed by atoms with van der Waals surface area (Å²) in [7, 11) is 0. The van der Waals surface area contributed by atoms with Crippen molar-refractivity contribution in [3.8, 4) is 11.4 Å². The van der Waals surface area contributed by atoms with Gasteiger partial charge < -0.3 is 10.1 Å². The Morgan fingerprint density at radius 2 is 1.70 bits per heavy atom. The van der Waals surface area contributed by atoms with Crippen LogP contribution < -0.4 is 10.1 Å². The molecule has 30 heavy (non-hydrogen) atoms. The van der Waals surface area contributed by atoms with Crippen molar-refractivity contribution < 1.29 is 9.53 Å². The van der Waals surface area contributed by atoms with Gasteiger partial charge in [-0.2, -0.15) is 4.80 Å². The fourth-order valence-corrected chi connectivity index (χ4v) is 3.27. The zero-order valence-corrected chi connectivity index (χ0v) is 17.7. The lowest BCUT2D eigenvalue weighted by molar-refractivity contribution is 0.102. The molecule has 152 valence electrons.